The average molecular weight is 452 g/mol. The van der Waals surface area contributed by atoms with Crippen LogP contribution in [0.3, 0.4) is 0 Å². The number of rotatable bonds is 5. The largest absolute Gasteiger partial charge is 0.348 e. The highest BCUT2D eigenvalue weighted by atomic mass is 19.1. The summed E-state index contributed by atoms with van der Waals surface area (Å²) in [7, 11) is 1.77. The fourth-order valence-corrected chi connectivity index (χ4v) is 4.43. The molecule has 1 aliphatic carbocycles. The van der Waals surface area contributed by atoms with Crippen molar-refractivity contribution < 1.29 is 13.6 Å². The first-order valence-electron chi connectivity index (χ1n) is 10.8. The van der Waals surface area contributed by atoms with Crippen LogP contribution in [-0.2, 0) is 13.5 Å². The van der Waals surface area contributed by atoms with E-state index in [1.165, 1.54) is 12.3 Å². The minimum absolute atomic E-state index is 0.00104. The van der Waals surface area contributed by atoms with Gasteiger partial charge in [-0.15, -0.1) is 0 Å². The molecule has 11 heteroatoms. The average Bonchev–Trinajstić information content (AvgIpc) is 3.41. The summed E-state index contributed by atoms with van der Waals surface area (Å²) >= 11 is 0. The zero-order chi connectivity index (χ0) is 22.9. The maximum absolute atomic E-state index is 14.6. The summed E-state index contributed by atoms with van der Waals surface area (Å²) in [5, 5.41) is 10.3. The molecule has 33 heavy (non-hydrogen) atoms. The highest BCUT2D eigenvalue weighted by Crippen LogP contribution is 2.29. The lowest BCUT2D eigenvalue weighted by Crippen LogP contribution is -2.39. The zero-order valence-corrected chi connectivity index (χ0v) is 17.9. The lowest BCUT2D eigenvalue weighted by atomic mass is 9.83. The second-order valence-electron chi connectivity index (χ2n) is 8.41. The van der Waals surface area contributed by atoms with E-state index in [-0.39, 0.29) is 29.4 Å². The van der Waals surface area contributed by atoms with E-state index >= 15 is 0 Å². The topological polar surface area (TPSA) is 114 Å². The number of aromatic nitrogens is 7. The number of pyridine rings is 1. The Morgan fingerprint density at radius 3 is 2.94 bits per heavy atom. The van der Waals surface area contributed by atoms with Crippen LogP contribution in [0, 0.1) is 17.6 Å². The lowest BCUT2D eigenvalue weighted by Gasteiger charge is -2.29. The van der Waals surface area contributed by atoms with Crippen LogP contribution in [0.5, 0.6) is 0 Å². The first-order valence-corrected chi connectivity index (χ1v) is 10.8. The summed E-state index contributed by atoms with van der Waals surface area (Å²) in [5.41, 5.74) is 1.51. The first kappa shape index (κ1) is 21.1. The molecule has 4 heterocycles. The number of imidazole rings is 1. The number of aryl methyl sites for hydroxylation is 1. The van der Waals surface area contributed by atoms with Crippen LogP contribution in [0.1, 0.15) is 41.9 Å². The zero-order valence-electron chi connectivity index (χ0n) is 17.9. The molecule has 0 aromatic carbocycles. The Morgan fingerprint density at radius 2 is 2.12 bits per heavy atom. The van der Waals surface area contributed by atoms with Gasteiger partial charge in [0.25, 0.3) is 5.91 Å². The minimum atomic E-state index is -0.506. The molecule has 0 spiro atoms. The molecule has 1 amide bonds. The Kier molecular flexibility index (Phi) is 5.53. The van der Waals surface area contributed by atoms with Gasteiger partial charge >= 0.3 is 0 Å². The van der Waals surface area contributed by atoms with Gasteiger partial charge in [-0.3, -0.25) is 9.89 Å². The van der Waals surface area contributed by atoms with Gasteiger partial charge in [0.2, 0.25) is 0 Å². The molecule has 0 bridgehead atoms. The number of nitrogens with zero attached hydrogens (tertiary/aromatic N) is 6. The minimum Gasteiger partial charge on any atom is -0.348 e. The number of hydrogen-bond acceptors (Lipinski definition) is 6. The van der Waals surface area contributed by atoms with Crippen molar-refractivity contribution in [3.8, 4) is 11.5 Å². The van der Waals surface area contributed by atoms with Gasteiger partial charge in [0.15, 0.2) is 17.3 Å². The Hall–Kier alpha value is -3.76. The van der Waals surface area contributed by atoms with E-state index in [0.29, 0.717) is 28.8 Å². The standard InChI is InChI=1S/C22H22F2N8O/c1-32-11-25-10-18(32)22(33)28-14-4-2-3-12(5-14)6-17-16(24)9-27-21(29-17)19-15-7-13(23)8-26-20(15)31-30-19/h7-12,14H,2-6H2,1H3,(H,28,33)(H,26,30,31)/t12?,14-/m1/s1. The third-order valence-corrected chi connectivity index (χ3v) is 6.07. The van der Waals surface area contributed by atoms with E-state index in [1.807, 2.05) is 0 Å². The molecule has 1 fully saturated rings. The molecule has 170 valence electrons. The van der Waals surface area contributed by atoms with Crippen LogP contribution in [0.4, 0.5) is 8.78 Å². The fraction of sp³-hybridized carbons (Fsp3) is 0.364. The van der Waals surface area contributed by atoms with E-state index in [9.17, 15) is 13.6 Å². The molecular weight excluding hydrogens is 430 g/mol. The predicted octanol–water partition coefficient (Wildman–Crippen LogP) is 2.96. The third kappa shape index (κ3) is 4.30. The van der Waals surface area contributed by atoms with Crippen LogP contribution >= 0.6 is 0 Å². The maximum Gasteiger partial charge on any atom is 0.269 e. The van der Waals surface area contributed by atoms with E-state index in [4.69, 9.17) is 0 Å². The summed E-state index contributed by atoms with van der Waals surface area (Å²) < 4.78 is 29.9. The van der Waals surface area contributed by atoms with Crippen LogP contribution < -0.4 is 5.32 Å². The Balaban J connectivity index is 1.32. The smallest absolute Gasteiger partial charge is 0.269 e. The Labute approximate surface area is 187 Å². The molecule has 0 saturated heterocycles. The maximum atomic E-state index is 14.6. The van der Waals surface area contributed by atoms with Crippen LogP contribution in [0.15, 0.2) is 31.0 Å². The Morgan fingerprint density at radius 1 is 1.24 bits per heavy atom. The molecule has 1 unspecified atom stereocenters. The van der Waals surface area contributed by atoms with Gasteiger partial charge in [0.1, 0.15) is 17.2 Å². The molecule has 4 aromatic rings. The summed E-state index contributed by atoms with van der Waals surface area (Å²) in [6.07, 6.45) is 9.18. The number of nitrogens with one attached hydrogen (secondary N) is 2. The van der Waals surface area contributed by atoms with E-state index in [2.05, 4.69) is 35.5 Å². The van der Waals surface area contributed by atoms with Crippen molar-refractivity contribution in [1.82, 2.24) is 40.0 Å². The second kappa shape index (κ2) is 8.64. The molecule has 1 aliphatic rings. The number of H-pyrrole nitrogens is 1. The van der Waals surface area contributed by atoms with E-state index in [1.54, 1.807) is 17.9 Å². The summed E-state index contributed by atoms with van der Waals surface area (Å²) in [4.78, 5) is 28.9. The quantitative estimate of drug-likeness (QED) is 0.481. The molecule has 9 nitrogen and oxygen atoms in total. The number of aromatic amines is 1. The molecule has 2 N–H and O–H groups in total. The van der Waals surface area contributed by atoms with Crippen molar-refractivity contribution >= 4 is 16.9 Å². The number of halogens is 2. The van der Waals surface area contributed by atoms with E-state index in [0.717, 1.165) is 38.1 Å². The number of fused-ring (bicyclic) bond motifs is 1. The molecular formula is C22H22F2N8O. The van der Waals surface area contributed by atoms with Crippen LogP contribution in [-0.4, -0.2) is 46.6 Å². The van der Waals surface area contributed by atoms with Gasteiger partial charge < -0.3 is 9.88 Å². The van der Waals surface area contributed by atoms with Gasteiger partial charge in [0.05, 0.1) is 36.0 Å². The molecule has 0 aliphatic heterocycles. The van der Waals surface area contributed by atoms with E-state index < -0.39 is 11.6 Å². The number of carbonyl (C=O) groups is 1. The normalized spacial score (nSPS) is 18.5. The summed E-state index contributed by atoms with van der Waals surface area (Å²) in [6.45, 7) is 0. The van der Waals surface area contributed by atoms with Gasteiger partial charge in [-0.2, -0.15) is 5.10 Å². The number of amides is 1. The molecule has 4 aromatic heterocycles. The SMILES string of the molecule is Cn1cncc1C(=O)N[C@@H]1CCCC(Cc2nc(-c3[nH]nc4ncc(F)cc34)ncc2F)C1. The monoisotopic (exact) mass is 452 g/mol. The van der Waals surface area contributed by atoms with Crippen molar-refractivity contribution in [2.75, 3.05) is 0 Å². The van der Waals surface area contributed by atoms with Crippen molar-refractivity contribution in [3.05, 3.63) is 54.0 Å². The number of hydrogen-bond donors (Lipinski definition) is 2. The van der Waals surface area contributed by atoms with Gasteiger partial charge in [-0.25, -0.2) is 28.7 Å². The summed E-state index contributed by atoms with van der Waals surface area (Å²) in [5.74, 6) is -0.770. The van der Waals surface area contributed by atoms with Crippen molar-refractivity contribution in [2.45, 2.75) is 38.1 Å². The molecule has 1 saturated carbocycles. The Bertz CT molecular complexity index is 1320. The first-order chi connectivity index (χ1) is 16.0. The number of carbonyl (C=O) groups excluding carboxylic acids is 1. The van der Waals surface area contributed by atoms with Gasteiger partial charge in [-0.05, 0) is 37.7 Å². The highest BCUT2D eigenvalue weighted by Gasteiger charge is 2.26. The second-order valence-corrected chi connectivity index (χ2v) is 8.41. The lowest BCUT2D eigenvalue weighted by molar-refractivity contribution is 0.0911. The molecule has 5 rings (SSSR count). The third-order valence-electron chi connectivity index (χ3n) is 6.07. The fourth-order valence-electron chi connectivity index (χ4n) is 4.43. The highest BCUT2D eigenvalue weighted by molar-refractivity contribution is 5.92. The summed E-state index contributed by atoms with van der Waals surface area (Å²) in [6, 6.07) is 1.30. The van der Waals surface area contributed by atoms with Gasteiger partial charge in [0, 0.05) is 13.1 Å². The predicted molar refractivity (Wildman–Crippen MR) is 115 cm³/mol. The molecule has 0 radical (unpaired) electrons. The molecule has 2 atom stereocenters. The van der Waals surface area contributed by atoms with Gasteiger partial charge in [-0.1, -0.05) is 6.42 Å². The van der Waals surface area contributed by atoms with Crippen molar-refractivity contribution in [1.29, 1.82) is 0 Å². The van der Waals surface area contributed by atoms with Crippen molar-refractivity contribution in [3.63, 3.8) is 0 Å². The van der Waals surface area contributed by atoms with Crippen LogP contribution in [0.2, 0.25) is 0 Å². The van der Waals surface area contributed by atoms with Crippen molar-refractivity contribution in [2.24, 2.45) is 13.0 Å². The van der Waals surface area contributed by atoms with Crippen LogP contribution in [0.25, 0.3) is 22.6 Å².